The van der Waals surface area contributed by atoms with Crippen molar-refractivity contribution in [3.8, 4) is 11.4 Å². The lowest BCUT2D eigenvalue weighted by Gasteiger charge is -2.15. The van der Waals surface area contributed by atoms with Gasteiger partial charge < -0.3 is 4.98 Å². The molecule has 0 radical (unpaired) electrons. The first-order valence-corrected chi connectivity index (χ1v) is 6.30. The number of benzene rings is 2. The minimum Gasteiger partial charge on any atom is -0.338 e. The zero-order chi connectivity index (χ0) is 14.8. The van der Waals surface area contributed by atoms with E-state index in [4.69, 9.17) is 11.7 Å². The summed E-state index contributed by atoms with van der Waals surface area (Å²) in [4.78, 5) is 19.3. The molecule has 6 N–H and O–H groups in total. The summed E-state index contributed by atoms with van der Waals surface area (Å²) in [7, 11) is 0. The average Bonchev–Trinajstić information content (AvgIpc) is 2.98. The van der Waals surface area contributed by atoms with Crippen LogP contribution >= 0.6 is 0 Å². The molecule has 0 saturated carbocycles. The van der Waals surface area contributed by atoms with Crippen LogP contribution in [0.4, 0.5) is 10.5 Å². The van der Waals surface area contributed by atoms with E-state index >= 15 is 0 Å². The lowest BCUT2D eigenvalue weighted by Crippen LogP contribution is -2.47. The van der Waals surface area contributed by atoms with Gasteiger partial charge in [-0.1, -0.05) is 36.4 Å². The van der Waals surface area contributed by atoms with Crippen molar-refractivity contribution in [1.82, 2.24) is 15.4 Å². The normalized spacial score (nSPS) is 10.6. The molecule has 2 amide bonds. The minimum absolute atomic E-state index is 0.467. The SMILES string of the molecule is NNC(=O)N(N)c1cccc2[nH]c(-c3ccccc3)nc12. The second-order valence-electron chi connectivity index (χ2n) is 4.44. The molecule has 0 aliphatic heterocycles. The molecule has 7 heteroatoms. The van der Waals surface area contributed by atoms with Gasteiger partial charge in [0.25, 0.3) is 0 Å². The second-order valence-corrected chi connectivity index (χ2v) is 4.44. The highest BCUT2D eigenvalue weighted by Crippen LogP contribution is 2.27. The lowest BCUT2D eigenvalue weighted by atomic mass is 10.2. The van der Waals surface area contributed by atoms with Crippen molar-refractivity contribution in [3.63, 3.8) is 0 Å². The van der Waals surface area contributed by atoms with E-state index in [-0.39, 0.29) is 0 Å². The molecular formula is C14H14N6O. The van der Waals surface area contributed by atoms with Crippen molar-refractivity contribution < 1.29 is 4.79 Å². The summed E-state index contributed by atoms with van der Waals surface area (Å²) in [6.07, 6.45) is 0. The molecule has 2 aromatic carbocycles. The van der Waals surface area contributed by atoms with E-state index in [0.717, 1.165) is 16.1 Å². The molecule has 0 spiro atoms. The van der Waals surface area contributed by atoms with Gasteiger partial charge in [-0.15, -0.1) is 0 Å². The zero-order valence-corrected chi connectivity index (χ0v) is 11.1. The molecule has 0 atom stereocenters. The van der Waals surface area contributed by atoms with Crippen molar-refractivity contribution in [2.45, 2.75) is 0 Å². The Morgan fingerprint density at radius 2 is 1.90 bits per heavy atom. The number of carbonyl (C=O) groups excluding carboxylic acids is 1. The van der Waals surface area contributed by atoms with Gasteiger partial charge in [-0.3, -0.25) is 5.43 Å². The standard InChI is InChI=1S/C14H14N6O/c15-19-14(21)20(16)11-8-4-7-10-12(11)18-13(17-10)9-5-2-1-3-6-9/h1-8H,15-16H2,(H,17,18)(H,19,21). The topological polar surface area (TPSA) is 113 Å². The number of anilines is 1. The Morgan fingerprint density at radius 3 is 2.62 bits per heavy atom. The first kappa shape index (κ1) is 13.1. The van der Waals surface area contributed by atoms with Crippen molar-refractivity contribution >= 4 is 22.8 Å². The van der Waals surface area contributed by atoms with Gasteiger partial charge in [-0.25, -0.2) is 26.5 Å². The third kappa shape index (κ3) is 2.31. The molecule has 3 aromatic rings. The maximum atomic E-state index is 11.6. The summed E-state index contributed by atoms with van der Waals surface area (Å²) in [6, 6.07) is 14.4. The quantitative estimate of drug-likeness (QED) is 0.324. The van der Waals surface area contributed by atoms with Gasteiger partial charge in [-0.2, -0.15) is 0 Å². The van der Waals surface area contributed by atoms with Gasteiger partial charge in [0, 0.05) is 5.56 Å². The number of amides is 2. The monoisotopic (exact) mass is 282 g/mol. The van der Waals surface area contributed by atoms with E-state index in [1.165, 1.54) is 0 Å². The molecule has 1 aromatic heterocycles. The number of nitrogens with two attached hydrogens (primary N) is 2. The Hall–Kier alpha value is -2.90. The van der Waals surface area contributed by atoms with Crippen LogP contribution in [0, 0.1) is 0 Å². The zero-order valence-electron chi connectivity index (χ0n) is 11.1. The summed E-state index contributed by atoms with van der Waals surface area (Å²) in [5, 5.41) is 0.929. The number of carbonyl (C=O) groups is 1. The fourth-order valence-electron chi connectivity index (χ4n) is 2.12. The number of nitrogens with zero attached hydrogens (tertiary/aromatic N) is 2. The molecule has 0 fully saturated rings. The summed E-state index contributed by atoms with van der Waals surface area (Å²) in [6.45, 7) is 0. The van der Waals surface area contributed by atoms with Crippen molar-refractivity contribution in [2.24, 2.45) is 11.7 Å². The Bertz CT molecular complexity index is 783. The Morgan fingerprint density at radius 1 is 1.14 bits per heavy atom. The van der Waals surface area contributed by atoms with Crippen LogP contribution in [0.3, 0.4) is 0 Å². The van der Waals surface area contributed by atoms with Gasteiger partial charge in [0.1, 0.15) is 11.3 Å². The molecule has 7 nitrogen and oxygen atoms in total. The number of hydrogen-bond donors (Lipinski definition) is 4. The molecule has 106 valence electrons. The lowest BCUT2D eigenvalue weighted by molar-refractivity contribution is 0.246. The maximum absolute atomic E-state index is 11.6. The number of hydrogen-bond acceptors (Lipinski definition) is 4. The van der Waals surface area contributed by atoms with E-state index < -0.39 is 6.03 Å². The molecular weight excluding hydrogens is 268 g/mol. The van der Waals surface area contributed by atoms with Crippen LogP contribution < -0.4 is 22.1 Å². The van der Waals surface area contributed by atoms with Crippen LogP contribution in [-0.2, 0) is 0 Å². The Kier molecular flexibility index (Phi) is 3.27. The number of urea groups is 1. The molecule has 0 unspecified atom stereocenters. The van der Waals surface area contributed by atoms with Crippen LogP contribution in [0.1, 0.15) is 0 Å². The number of para-hydroxylation sites is 1. The van der Waals surface area contributed by atoms with E-state index in [1.807, 2.05) is 41.8 Å². The second kappa shape index (κ2) is 5.23. The summed E-state index contributed by atoms with van der Waals surface area (Å²) in [5.41, 5.74) is 4.79. The number of nitrogens with one attached hydrogen (secondary N) is 2. The van der Waals surface area contributed by atoms with Crippen LogP contribution in [0.15, 0.2) is 48.5 Å². The largest absolute Gasteiger partial charge is 0.350 e. The van der Waals surface area contributed by atoms with E-state index in [9.17, 15) is 4.79 Å². The number of H-pyrrole nitrogens is 1. The summed E-state index contributed by atoms with van der Waals surface area (Å²) in [5.74, 6) is 11.6. The highest BCUT2D eigenvalue weighted by Gasteiger charge is 2.16. The van der Waals surface area contributed by atoms with Gasteiger partial charge in [-0.05, 0) is 12.1 Å². The summed E-state index contributed by atoms with van der Waals surface area (Å²) < 4.78 is 0. The Labute approximate surface area is 120 Å². The number of imidazole rings is 1. The third-order valence-electron chi connectivity index (χ3n) is 3.14. The minimum atomic E-state index is -0.619. The van der Waals surface area contributed by atoms with Crippen LogP contribution in [-0.4, -0.2) is 16.0 Å². The van der Waals surface area contributed by atoms with Crippen LogP contribution in [0.25, 0.3) is 22.4 Å². The highest BCUT2D eigenvalue weighted by atomic mass is 16.2. The van der Waals surface area contributed by atoms with Crippen molar-refractivity contribution in [3.05, 3.63) is 48.5 Å². The van der Waals surface area contributed by atoms with E-state index in [1.54, 1.807) is 12.1 Å². The molecule has 21 heavy (non-hydrogen) atoms. The first-order chi connectivity index (χ1) is 10.2. The number of hydrazine groups is 2. The number of aromatic amines is 1. The van der Waals surface area contributed by atoms with Crippen molar-refractivity contribution in [1.29, 1.82) is 0 Å². The van der Waals surface area contributed by atoms with Crippen LogP contribution in [0.2, 0.25) is 0 Å². The smallest absolute Gasteiger partial charge is 0.338 e. The van der Waals surface area contributed by atoms with Gasteiger partial charge >= 0.3 is 6.03 Å². The predicted octanol–water partition coefficient (Wildman–Crippen LogP) is 1.49. The first-order valence-electron chi connectivity index (χ1n) is 6.30. The predicted molar refractivity (Wildman–Crippen MR) is 80.9 cm³/mol. The molecule has 0 aliphatic carbocycles. The highest BCUT2D eigenvalue weighted by molar-refractivity contribution is 6.00. The summed E-state index contributed by atoms with van der Waals surface area (Å²) >= 11 is 0. The number of aromatic nitrogens is 2. The number of rotatable bonds is 2. The molecule has 1 heterocycles. The molecule has 0 bridgehead atoms. The van der Waals surface area contributed by atoms with Gasteiger partial charge in [0.2, 0.25) is 0 Å². The number of fused-ring (bicyclic) bond motifs is 1. The van der Waals surface area contributed by atoms with E-state index in [2.05, 4.69) is 9.97 Å². The Balaban J connectivity index is 2.12. The molecule has 3 rings (SSSR count). The van der Waals surface area contributed by atoms with Crippen molar-refractivity contribution in [2.75, 3.05) is 5.01 Å². The maximum Gasteiger partial charge on any atom is 0.350 e. The average molecular weight is 282 g/mol. The molecule has 0 aliphatic rings. The third-order valence-corrected chi connectivity index (χ3v) is 3.14. The van der Waals surface area contributed by atoms with E-state index in [0.29, 0.717) is 17.0 Å². The van der Waals surface area contributed by atoms with Crippen LogP contribution in [0.5, 0.6) is 0 Å². The molecule has 0 saturated heterocycles. The fourth-order valence-corrected chi connectivity index (χ4v) is 2.12. The fraction of sp³-hybridized carbons (Fsp3) is 0. The van der Waals surface area contributed by atoms with Gasteiger partial charge in [0.05, 0.1) is 11.2 Å². The van der Waals surface area contributed by atoms with Gasteiger partial charge in [0.15, 0.2) is 0 Å².